The Morgan fingerprint density at radius 2 is 1.68 bits per heavy atom. The number of Topliss-reactive ketones (excluding diaryl/α,β-unsaturated/α-hetero) is 1. The Bertz CT molecular complexity index is 695. The smallest absolute Gasteiger partial charge is 0.255 e. The topological polar surface area (TPSA) is 64.6 Å². The molecule has 0 saturated heterocycles. The van der Waals surface area contributed by atoms with Gasteiger partial charge < -0.3 is 14.8 Å². The standard InChI is InChI=1S/C17H17NO4/c1-11(19)16-14(9-13(21-2)10-15(16)22-3)18-17(20)12-7-5-4-6-8-12/h4-10H,1-3H3,(H,18,20). The van der Waals surface area contributed by atoms with Crippen LogP contribution in [0.15, 0.2) is 42.5 Å². The number of ether oxygens (including phenoxy) is 2. The van der Waals surface area contributed by atoms with Crippen molar-refractivity contribution in [2.75, 3.05) is 19.5 Å². The van der Waals surface area contributed by atoms with E-state index in [9.17, 15) is 9.59 Å². The molecule has 0 atom stereocenters. The summed E-state index contributed by atoms with van der Waals surface area (Å²) in [6.07, 6.45) is 0. The number of ketones is 1. The summed E-state index contributed by atoms with van der Waals surface area (Å²) < 4.78 is 10.4. The molecular weight excluding hydrogens is 282 g/mol. The fourth-order valence-electron chi connectivity index (χ4n) is 2.11. The maximum atomic E-state index is 12.3. The fraction of sp³-hybridized carbons (Fsp3) is 0.176. The van der Waals surface area contributed by atoms with Crippen molar-refractivity contribution < 1.29 is 19.1 Å². The van der Waals surface area contributed by atoms with Crippen LogP contribution in [0.5, 0.6) is 11.5 Å². The van der Waals surface area contributed by atoms with Gasteiger partial charge in [-0.05, 0) is 19.1 Å². The van der Waals surface area contributed by atoms with Gasteiger partial charge in [0.1, 0.15) is 11.5 Å². The van der Waals surface area contributed by atoms with Crippen LogP contribution in [0.3, 0.4) is 0 Å². The highest BCUT2D eigenvalue weighted by molar-refractivity contribution is 6.10. The molecular formula is C17H17NO4. The van der Waals surface area contributed by atoms with Gasteiger partial charge in [0.25, 0.3) is 5.91 Å². The molecule has 5 heteroatoms. The molecule has 0 fully saturated rings. The zero-order valence-electron chi connectivity index (χ0n) is 12.7. The highest BCUT2D eigenvalue weighted by atomic mass is 16.5. The molecule has 0 aliphatic rings. The first-order valence-electron chi connectivity index (χ1n) is 6.70. The van der Waals surface area contributed by atoms with Gasteiger partial charge in [0.05, 0.1) is 25.5 Å². The number of carbonyl (C=O) groups excluding carboxylic acids is 2. The van der Waals surface area contributed by atoms with Gasteiger partial charge in [-0.15, -0.1) is 0 Å². The van der Waals surface area contributed by atoms with Crippen LogP contribution in [-0.4, -0.2) is 25.9 Å². The molecule has 0 radical (unpaired) electrons. The molecule has 1 amide bonds. The normalized spacial score (nSPS) is 9.95. The van der Waals surface area contributed by atoms with Crippen molar-refractivity contribution in [1.82, 2.24) is 0 Å². The second-order valence-corrected chi connectivity index (χ2v) is 4.63. The zero-order chi connectivity index (χ0) is 16.1. The molecule has 0 spiro atoms. The lowest BCUT2D eigenvalue weighted by Gasteiger charge is -2.15. The van der Waals surface area contributed by atoms with Crippen LogP contribution in [0.25, 0.3) is 0 Å². The molecule has 5 nitrogen and oxygen atoms in total. The van der Waals surface area contributed by atoms with E-state index in [0.29, 0.717) is 28.3 Å². The number of hydrogen-bond acceptors (Lipinski definition) is 4. The number of carbonyl (C=O) groups is 2. The lowest BCUT2D eigenvalue weighted by atomic mass is 10.1. The number of nitrogens with one attached hydrogen (secondary N) is 1. The maximum Gasteiger partial charge on any atom is 0.255 e. The van der Waals surface area contributed by atoms with Crippen LogP contribution in [0.1, 0.15) is 27.6 Å². The molecule has 0 unspecified atom stereocenters. The van der Waals surface area contributed by atoms with Crippen molar-refractivity contribution in [1.29, 1.82) is 0 Å². The second kappa shape index (κ2) is 6.76. The predicted molar refractivity (Wildman–Crippen MR) is 83.9 cm³/mol. The molecule has 2 aromatic carbocycles. The van der Waals surface area contributed by atoms with Crippen LogP contribution < -0.4 is 14.8 Å². The van der Waals surface area contributed by atoms with E-state index in [0.717, 1.165) is 0 Å². The summed E-state index contributed by atoms with van der Waals surface area (Å²) in [7, 11) is 2.97. The molecule has 0 saturated carbocycles. The van der Waals surface area contributed by atoms with E-state index in [1.807, 2.05) is 6.07 Å². The Kier molecular flexibility index (Phi) is 4.78. The SMILES string of the molecule is COc1cc(NC(=O)c2ccccc2)c(C(C)=O)c(OC)c1. The first kappa shape index (κ1) is 15.6. The summed E-state index contributed by atoms with van der Waals surface area (Å²) in [5.41, 5.74) is 1.17. The Morgan fingerprint density at radius 3 is 2.23 bits per heavy atom. The average molecular weight is 299 g/mol. The molecule has 114 valence electrons. The van der Waals surface area contributed by atoms with Crippen molar-refractivity contribution in [2.24, 2.45) is 0 Å². The monoisotopic (exact) mass is 299 g/mol. The van der Waals surface area contributed by atoms with Crippen molar-refractivity contribution in [3.8, 4) is 11.5 Å². The molecule has 22 heavy (non-hydrogen) atoms. The molecule has 0 aromatic heterocycles. The predicted octanol–water partition coefficient (Wildman–Crippen LogP) is 3.16. The highest BCUT2D eigenvalue weighted by Gasteiger charge is 2.18. The van der Waals surface area contributed by atoms with Gasteiger partial charge in [-0.2, -0.15) is 0 Å². The minimum atomic E-state index is -0.307. The van der Waals surface area contributed by atoms with Gasteiger partial charge in [-0.3, -0.25) is 9.59 Å². The van der Waals surface area contributed by atoms with Crippen molar-refractivity contribution >= 4 is 17.4 Å². The van der Waals surface area contributed by atoms with Gasteiger partial charge in [-0.1, -0.05) is 18.2 Å². The molecule has 2 aromatic rings. The first-order valence-corrected chi connectivity index (χ1v) is 6.70. The van der Waals surface area contributed by atoms with E-state index >= 15 is 0 Å². The quantitative estimate of drug-likeness (QED) is 0.861. The summed E-state index contributed by atoms with van der Waals surface area (Å²) in [4.78, 5) is 24.2. The third-order valence-corrected chi connectivity index (χ3v) is 3.17. The summed E-state index contributed by atoms with van der Waals surface area (Å²) >= 11 is 0. The maximum absolute atomic E-state index is 12.3. The molecule has 0 aliphatic carbocycles. The van der Waals surface area contributed by atoms with Gasteiger partial charge in [-0.25, -0.2) is 0 Å². The number of anilines is 1. The number of hydrogen-bond donors (Lipinski definition) is 1. The summed E-state index contributed by atoms with van der Waals surface area (Å²) in [5, 5.41) is 2.74. The Balaban J connectivity index is 2.44. The number of amides is 1. The van der Waals surface area contributed by atoms with E-state index in [1.54, 1.807) is 36.4 Å². The lowest BCUT2D eigenvalue weighted by Crippen LogP contribution is -2.15. The van der Waals surface area contributed by atoms with Crippen LogP contribution in [0.4, 0.5) is 5.69 Å². The van der Waals surface area contributed by atoms with Gasteiger partial charge in [0.15, 0.2) is 5.78 Å². The first-order chi connectivity index (χ1) is 10.6. The number of methoxy groups -OCH3 is 2. The van der Waals surface area contributed by atoms with Crippen molar-refractivity contribution in [2.45, 2.75) is 6.92 Å². The zero-order valence-corrected chi connectivity index (χ0v) is 12.7. The lowest BCUT2D eigenvalue weighted by molar-refractivity contribution is 0.101. The third-order valence-electron chi connectivity index (χ3n) is 3.17. The molecule has 0 aliphatic heterocycles. The Labute approximate surface area is 128 Å². The number of rotatable bonds is 5. The van der Waals surface area contributed by atoms with E-state index in [2.05, 4.69) is 5.32 Å². The van der Waals surface area contributed by atoms with Crippen LogP contribution in [0, 0.1) is 0 Å². The van der Waals surface area contributed by atoms with Crippen LogP contribution >= 0.6 is 0 Å². The largest absolute Gasteiger partial charge is 0.497 e. The minimum Gasteiger partial charge on any atom is -0.497 e. The van der Waals surface area contributed by atoms with E-state index in [-0.39, 0.29) is 11.7 Å². The summed E-state index contributed by atoms with van der Waals surface area (Å²) in [5.74, 6) is 0.335. The van der Waals surface area contributed by atoms with Crippen molar-refractivity contribution in [3.63, 3.8) is 0 Å². The second-order valence-electron chi connectivity index (χ2n) is 4.63. The van der Waals surface area contributed by atoms with Gasteiger partial charge in [0, 0.05) is 17.7 Å². The molecule has 0 bridgehead atoms. The van der Waals surface area contributed by atoms with Gasteiger partial charge >= 0.3 is 0 Å². The third kappa shape index (κ3) is 3.25. The Morgan fingerprint density at radius 1 is 1.00 bits per heavy atom. The van der Waals surface area contributed by atoms with Gasteiger partial charge in [0.2, 0.25) is 0 Å². The van der Waals surface area contributed by atoms with Crippen LogP contribution in [-0.2, 0) is 0 Å². The van der Waals surface area contributed by atoms with Crippen LogP contribution in [0.2, 0.25) is 0 Å². The minimum absolute atomic E-state index is 0.206. The van der Waals surface area contributed by atoms with Crippen molar-refractivity contribution in [3.05, 3.63) is 53.6 Å². The molecule has 1 N–H and O–H groups in total. The average Bonchev–Trinajstić information content (AvgIpc) is 2.54. The fourth-order valence-corrected chi connectivity index (χ4v) is 2.11. The highest BCUT2D eigenvalue weighted by Crippen LogP contribution is 2.33. The van der Waals surface area contributed by atoms with E-state index < -0.39 is 0 Å². The van der Waals surface area contributed by atoms with E-state index in [1.165, 1.54) is 21.1 Å². The molecule has 2 rings (SSSR count). The Hall–Kier alpha value is -2.82. The van der Waals surface area contributed by atoms with E-state index in [4.69, 9.17) is 9.47 Å². The molecule has 0 heterocycles. The summed E-state index contributed by atoms with van der Waals surface area (Å²) in [6, 6.07) is 12.0. The summed E-state index contributed by atoms with van der Waals surface area (Å²) in [6.45, 7) is 1.42. The number of benzene rings is 2.